The highest BCUT2D eigenvalue weighted by atomic mass is 16.3. The molecule has 0 amide bonds. The third kappa shape index (κ3) is 1.08. The molecule has 1 atom stereocenters. The predicted molar refractivity (Wildman–Crippen MR) is 58.0 cm³/mol. The molecule has 1 heteroatoms. The summed E-state index contributed by atoms with van der Waals surface area (Å²) in [6.07, 6.45) is 12.3. The summed E-state index contributed by atoms with van der Waals surface area (Å²) >= 11 is 0. The summed E-state index contributed by atoms with van der Waals surface area (Å²) in [5.74, 6) is 1.71. The summed E-state index contributed by atoms with van der Waals surface area (Å²) in [6, 6.07) is 0. The maximum Gasteiger partial charge on any atom is 0.131 e. The van der Waals surface area contributed by atoms with Crippen LogP contribution < -0.4 is 10.6 Å². The predicted octanol–water partition coefficient (Wildman–Crippen LogP) is 1.84. The van der Waals surface area contributed by atoms with Gasteiger partial charge in [0.05, 0.1) is 0 Å². The van der Waals surface area contributed by atoms with Gasteiger partial charge in [-0.3, -0.25) is 0 Å². The van der Waals surface area contributed by atoms with Crippen LogP contribution in [0.25, 0.3) is 18.2 Å². The molecule has 3 rings (SSSR count). The normalized spacial score (nSPS) is 23.4. The molecule has 2 aliphatic carbocycles. The average Bonchev–Trinajstić information content (AvgIpc) is 2.54. The molecular formula is C13H14O. The van der Waals surface area contributed by atoms with Crippen LogP contribution in [0.1, 0.15) is 31.1 Å². The van der Waals surface area contributed by atoms with Crippen molar-refractivity contribution in [3.05, 3.63) is 28.0 Å². The summed E-state index contributed by atoms with van der Waals surface area (Å²) in [5, 5.41) is 1.36. The highest BCUT2D eigenvalue weighted by Crippen LogP contribution is 2.16. The zero-order valence-corrected chi connectivity index (χ0v) is 8.42. The number of fused-ring (bicyclic) bond motifs is 3. The number of rotatable bonds is 0. The number of furan rings is 1. The van der Waals surface area contributed by atoms with E-state index in [-0.39, 0.29) is 0 Å². The fraction of sp³-hybridized carbons (Fsp3) is 0.385. The van der Waals surface area contributed by atoms with E-state index in [4.69, 9.17) is 4.42 Å². The Labute approximate surface area is 83.4 Å². The molecule has 0 N–H and O–H groups in total. The van der Waals surface area contributed by atoms with Gasteiger partial charge in [0, 0.05) is 10.8 Å². The van der Waals surface area contributed by atoms with E-state index in [1.807, 2.05) is 0 Å². The summed E-state index contributed by atoms with van der Waals surface area (Å²) in [5.41, 5.74) is 2.52. The van der Waals surface area contributed by atoms with Crippen molar-refractivity contribution in [2.45, 2.75) is 26.2 Å². The lowest BCUT2D eigenvalue weighted by Crippen LogP contribution is -2.27. The third-order valence-corrected chi connectivity index (χ3v) is 3.07. The molecule has 0 saturated carbocycles. The van der Waals surface area contributed by atoms with Crippen LogP contribution >= 0.6 is 0 Å². The Balaban J connectivity index is 2.33. The molecule has 1 aromatic rings. The first kappa shape index (κ1) is 8.10. The fourth-order valence-corrected chi connectivity index (χ4v) is 2.30. The van der Waals surface area contributed by atoms with E-state index in [1.165, 1.54) is 10.8 Å². The molecule has 0 radical (unpaired) electrons. The molecule has 0 aromatic carbocycles. The summed E-state index contributed by atoms with van der Waals surface area (Å²) in [4.78, 5) is 0. The van der Waals surface area contributed by atoms with Gasteiger partial charge in [0.15, 0.2) is 0 Å². The molecule has 0 saturated heterocycles. The summed E-state index contributed by atoms with van der Waals surface area (Å²) in [6.45, 7) is 2.23. The van der Waals surface area contributed by atoms with Gasteiger partial charge in [0.25, 0.3) is 0 Å². The lowest BCUT2D eigenvalue weighted by atomic mass is 9.97. The van der Waals surface area contributed by atoms with Crippen molar-refractivity contribution in [1.29, 1.82) is 0 Å². The standard InChI is InChI=1S/C13H14O/c1-9-6-7-11-10-4-2-3-5-12(10)14-13(11)8-9/h3,5,7-9H,2,4,6H2,1H3/t9-/m0/s1. The molecule has 0 fully saturated rings. The van der Waals surface area contributed by atoms with Crippen molar-refractivity contribution in [3.8, 4) is 0 Å². The Kier molecular flexibility index (Phi) is 1.66. The monoisotopic (exact) mass is 186 g/mol. The van der Waals surface area contributed by atoms with Gasteiger partial charge in [-0.15, -0.1) is 0 Å². The minimum absolute atomic E-state index is 0.624. The molecule has 0 unspecified atom stereocenters. The molecule has 72 valence electrons. The van der Waals surface area contributed by atoms with Crippen LogP contribution in [0, 0.1) is 5.92 Å². The van der Waals surface area contributed by atoms with E-state index < -0.39 is 0 Å². The molecule has 0 aliphatic heterocycles. The molecule has 1 aromatic heterocycles. The van der Waals surface area contributed by atoms with Gasteiger partial charge in [-0.2, -0.15) is 0 Å². The molecule has 0 spiro atoms. The van der Waals surface area contributed by atoms with Crippen LogP contribution in [0.4, 0.5) is 0 Å². The van der Waals surface area contributed by atoms with E-state index >= 15 is 0 Å². The highest BCUT2D eigenvalue weighted by molar-refractivity contribution is 5.54. The number of allylic oxidation sites excluding steroid dienone is 1. The topological polar surface area (TPSA) is 13.1 Å². The minimum atomic E-state index is 0.624. The van der Waals surface area contributed by atoms with Crippen LogP contribution in [0.15, 0.2) is 10.5 Å². The molecule has 14 heavy (non-hydrogen) atoms. The first-order valence-electron chi connectivity index (χ1n) is 5.35. The van der Waals surface area contributed by atoms with Crippen molar-refractivity contribution in [2.24, 2.45) is 5.92 Å². The maximum absolute atomic E-state index is 5.83. The van der Waals surface area contributed by atoms with Crippen molar-refractivity contribution < 1.29 is 4.42 Å². The van der Waals surface area contributed by atoms with Gasteiger partial charge in [0.1, 0.15) is 11.2 Å². The average molecular weight is 186 g/mol. The van der Waals surface area contributed by atoms with E-state index in [0.717, 1.165) is 30.4 Å². The maximum atomic E-state index is 5.83. The van der Waals surface area contributed by atoms with E-state index in [2.05, 4.69) is 31.2 Å². The summed E-state index contributed by atoms with van der Waals surface area (Å²) in [7, 11) is 0. The summed E-state index contributed by atoms with van der Waals surface area (Å²) < 4.78 is 5.83. The molecule has 2 aliphatic rings. The van der Waals surface area contributed by atoms with Gasteiger partial charge >= 0.3 is 0 Å². The van der Waals surface area contributed by atoms with Crippen molar-refractivity contribution in [1.82, 2.24) is 0 Å². The number of hydrogen-bond acceptors (Lipinski definition) is 1. The van der Waals surface area contributed by atoms with Crippen LogP contribution in [0.2, 0.25) is 0 Å². The van der Waals surface area contributed by atoms with E-state index in [9.17, 15) is 0 Å². The molecule has 1 heterocycles. The van der Waals surface area contributed by atoms with Gasteiger partial charge in [0.2, 0.25) is 0 Å². The SMILES string of the molecule is C[C@@H]1C=c2oc3c(c2=CC1)CCC=C3. The first-order chi connectivity index (χ1) is 6.84. The highest BCUT2D eigenvalue weighted by Gasteiger charge is 2.14. The molecule has 0 bridgehead atoms. The Morgan fingerprint density at radius 3 is 3.29 bits per heavy atom. The lowest BCUT2D eigenvalue weighted by Gasteiger charge is -2.04. The Morgan fingerprint density at radius 2 is 2.36 bits per heavy atom. The van der Waals surface area contributed by atoms with E-state index in [1.54, 1.807) is 0 Å². The lowest BCUT2D eigenvalue weighted by molar-refractivity contribution is 0.511. The Morgan fingerprint density at radius 1 is 1.43 bits per heavy atom. The fourth-order valence-electron chi connectivity index (χ4n) is 2.30. The Bertz CT molecular complexity index is 502. The van der Waals surface area contributed by atoms with Gasteiger partial charge in [-0.1, -0.05) is 19.1 Å². The largest absolute Gasteiger partial charge is 0.457 e. The smallest absolute Gasteiger partial charge is 0.131 e. The number of hydrogen-bond donors (Lipinski definition) is 0. The van der Waals surface area contributed by atoms with Crippen molar-refractivity contribution in [3.63, 3.8) is 0 Å². The van der Waals surface area contributed by atoms with Crippen molar-refractivity contribution >= 4 is 18.2 Å². The van der Waals surface area contributed by atoms with Crippen LogP contribution in [-0.2, 0) is 6.42 Å². The molecular weight excluding hydrogens is 172 g/mol. The van der Waals surface area contributed by atoms with Crippen molar-refractivity contribution in [2.75, 3.05) is 0 Å². The van der Waals surface area contributed by atoms with E-state index in [0.29, 0.717) is 5.92 Å². The molecule has 1 nitrogen and oxygen atoms in total. The quantitative estimate of drug-likeness (QED) is 0.602. The Hall–Kier alpha value is -1.24. The second-order valence-corrected chi connectivity index (χ2v) is 4.25. The minimum Gasteiger partial charge on any atom is -0.457 e. The second kappa shape index (κ2) is 2.88. The van der Waals surface area contributed by atoms with Gasteiger partial charge in [-0.05, 0) is 37.3 Å². The third-order valence-electron chi connectivity index (χ3n) is 3.07. The first-order valence-corrected chi connectivity index (χ1v) is 5.35. The zero-order chi connectivity index (χ0) is 9.54. The van der Waals surface area contributed by atoms with Gasteiger partial charge < -0.3 is 4.42 Å². The second-order valence-electron chi connectivity index (χ2n) is 4.25. The van der Waals surface area contributed by atoms with Gasteiger partial charge in [-0.25, -0.2) is 0 Å². The van der Waals surface area contributed by atoms with Crippen LogP contribution in [0.5, 0.6) is 0 Å². The zero-order valence-electron chi connectivity index (χ0n) is 8.42. The van der Waals surface area contributed by atoms with Crippen LogP contribution in [0.3, 0.4) is 0 Å². The van der Waals surface area contributed by atoms with Crippen LogP contribution in [-0.4, -0.2) is 0 Å².